The predicted molar refractivity (Wildman–Crippen MR) is 131 cm³/mol. The van der Waals surface area contributed by atoms with E-state index in [1.54, 1.807) is 47.8 Å². The second kappa shape index (κ2) is 12.0. The number of morpholine rings is 1. The van der Waals surface area contributed by atoms with Gasteiger partial charge in [0, 0.05) is 49.5 Å². The monoisotopic (exact) mass is 485 g/mol. The second-order valence-corrected chi connectivity index (χ2v) is 8.50. The van der Waals surface area contributed by atoms with Crippen molar-refractivity contribution in [3.8, 4) is 5.75 Å². The van der Waals surface area contributed by atoms with Gasteiger partial charge in [-0.2, -0.15) is 0 Å². The highest BCUT2D eigenvalue weighted by Gasteiger charge is 2.29. The molecular weight excluding hydrogens is 450 g/mol. The number of aromatic nitrogens is 1. The molecule has 1 aliphatic rings. The number of ketones is 1. The van der Waals surface area contributed by atoms with E-state index in [1.165, 1.54) is 7.11 Å². The summed E-state index contributed by atoms with van der Waals surface area (Å²) in [4.78, 5) is 43.2. The van der Waals surface area contributed by atoms with Crippen molar-refractivity contribution >= 4 is 17.7 Å². The first kappa shape index (κ1) is 26.4. The van der Waals surface area contributed by atoms with Gasteiger partial charge >= 0.3 is 5.97 Å². The second-order valence-electron chi connectivity index (χ2n) is 8.50. The van der Waals surface area contributed by atoms with E-state index < -0.39 is 5.97 Å². The Morgan fingerprint density at radius 1 is 1.06 bits per heavy atom. The molecule has 0 spiro atoms. The number of amides is 1. The maximum atomic E-state index is 13.6. The van der Waals surface area contributed by atoms with Crippen molar-refractivity contribution in [2.24, 2.45) is 0 Å². The molecule has 1 amide bonds. The molecule has 9 nitrogen and oxygen atoms in total. The van der Waals surface area contributed by atoms with E-state index in [0.717, 1.165) is 13.1 Å². The quantitative estimate of drug-likeness (QED) is 0.377. The highest BCUT2D eigenvalue weighted by molar-refractivity contribution is 6.06. The maximum Gasteiger partial charge on any atom is 0.354 e. The van der Waals surface area contributed by atoms with Crippen LogP contribution in [0.25, 0.3) is 0 Å². The summed E-state index contributed by atoms with van der Waals surface area (Å²) in [6, 6.07) is 6.86. The molecule has 3 rings (SSSR count). The topological polar surface area (TPSA) is 90.3 Å². The van der Waals surface area contributed by atoms with Gasteiger partial charge in [0.05, 0.1) is 34.0 Å². The van der Waals surface area contributed by atoms with Crippen molar-refractivity contribution < 1.29 is 28.6 Å². The lowest BCUT2D eigenvalue weighted by Crippen LogP contribution is -2.44. The maximum absolute atomic E-state index is 13.6. The Labute approximate surface area is 206 Å². The van der Waals surface area contributed by atoms with Crippen LogP contribution in [0.1, 0.15) is 49.4 Å². The third kappa shape index (κ3) is 5.91. The minimum Gasteiger partial charge on any atom is -0.497 e. The van der Waals surface area contributed by atoms with Crippen LogP contribution < -0.4 is 4.74 Å². The molecule has 1 aromatic carbocycles. The molecule has 190 valence electrons. The summed E-state index contributed by atoms with van der Waals surface area (Å²) in [7, 11) is 2.90. The summed E-state index contributed by atoms with van der Waals surface area (Å²) in [6.07, 6.45) is 0. The third-order valence-corrected chi connectivity index (χ3v) is 6.49. The minimum atomic E-state index is -0.481. The fourth-order valence-electron chi connectivity index (χ4n) is 4.57. The van der Waals surface area contributed by atoms with E-state index in [4.69, 9.17) is 14.2 Å². The van der Waals surface area contributed by atoms with Gasteiger partial charge in [0.1, 0.15) is 11.4 Å². The predicted octanol–water partition coefficient (Wildman–Crippen LogP) is 2.58. The van der Waals surface area contributed by atoms with E-state index in [2.05, 4.69) is 4.90 Å². The molecule has 0 bridgehead atoms. The Morgan fingerprint density at radius 3 is 2.29 bits per heavy atom. The first-order chi connectivity index (χ1) is 16.8. The number of ether oxygens (including phenoxy) is 3. The summed E-state index contributed by atoms with van der Waals surface area (Å²) < 4.78 is 17.4. The standard InChI is InChI=1S/C26H35N3O6/c1-6-29-19(3)23(18(2)24(29)26(32)34-5)22(30)17-28(12-11-27-13-15-35-16-14-27)25(31)20-7-9-21(33-4)10-8-20/h7-10H,6,11-17H2,1-5H3. The summed E-state index contributed by atoms with van der Waals surface area (Å²) in [5.74, 6) is -0.265. The van der Waals surface area contributed by atoms with Crippen molar-refractivity contribution in [3.63, 3.8) is 0 Å². The van der Waals surface area contributed by atoms with Gasteiger partial charge in [0.2, 0.25) is 0 Å². The molecule has 9 heteroatoms. The Balaban J connectivity index is 1.88. The lowest BCUT2D eigenvalue weighted by Gasteiger charge is -2.30. The average molecular weight is 486 g/mol. The van der Waals surface area contributed by atoms with Crippen molar-refractivity contribution in [2.75, 3.05) is 60.2 Å². The van der Waals surface area contributed by atoms with E-state index in [1.807, 2.05) is 13.8 Å². The van der Waals surface area contributed by atoms with Crippen LogP contribution in [-0.2, 0) is 16.0 Å². The molecular formula is C26H35N3O6. The number of esters is 1. The van der Waals surface area contributed by atoms with Crippen LogP contribution in [0, 0.1) is 13.8 Å². The molecule has 1 fully saturated rings. The van der Waals surface area contributed by atoms with Gasteiger partial charge < -0.3 is 23.7 Å². The van der Waals surface area contributed by atoms with Crippen molar-refractivity contribution in [3.05, 3.63) is 52.3 Å². The molecule has 35 heavy (non-hydrogen) atoms. The van der Waals surface area contributed by atoms with Gasteiger partial charge in [0.25, 0.3) is 5.91 Å². The number of nitrogens with zero attached hydrogens (tertiary/aromatic N) is 3. The lowest BCUT2D eigenvalue weighted by molar-refractivity contribution is 0.0323. The van der Waals surface area contributed by atoms with Crippen LogP contribution in [0.3, 0.4) is 0 Å². The fraction of sp³-hybridized carbons (Fsp3) is 0.500. The van der Waals surface area contributed by atoms with Crippen LogP contribution in [0.2, 0.25) is 0 Å². The van der Waals surface area contributed by atoms with Crippen molar-refractivity contribution in [1.29, 1.82) is 0 Å². The summed E-state index contributed by atoms with van der Waals surface area (Å²) in [6.45, 7) is 9.84. The normalized spacial score (nSPS) is 14.0. The van der Waals surface area contributed by atoms with Crippen molar-refractivity contribution in [1.82, 2.24) is 14.4 Å². The number of rotatable bonds is 10. The Kier molecular flexibility index (Phi) is 9.06. The number of methoxy groups -OCH3 is 2. The molecule has 0 aliphatic carbocycles. The van der Waals surface area contributed by atoms with Gasteiger partial charge in [-0.25, -0.2) is 4.79 Å². The molecule has 0 atom stereocenters. The fourth-order valence-corrected chi connectivity index (χ4v) is 4.57. The van der Waals surface area contributed by atoms with Crippen LogP contribution in [0.15, 0.2) is 24.3 Å². The highest BCUT2D eigenvalue weighted by Crippen LogP contribution is 2.24. The molecule has 1 aromatic heterocycles. The van der Waals surface area contributed by atoms with Gasteiger partial charge in [-0.05, 0) is 50.6 Å². The lowest BCUT2D eigenvalue weighted by atomic mass is 10.0. The minimum absolute atomic E-state index is 0.0920. The summed E-state index contributed by atoms with van der Waals surface area (Å²) >= 11 is 0. The Hall–Kier alpha value is -3.17. The molecule has 2 heterocycles. The smallest absolute Gasteiger partial charge is 0.354 e. The molecule has 2 aromatic rings. The molecule has 0 radical (unpaired) electrons. The van der Waals surface area contributed by atoms with Crippen LogP contribution in [0.5, 0.6) is 5.75 Å². The highest BCUT2D eigenvalue weighted by atomic mass is 16.5. The summed E-state index contributed by atoms with van der Waals surface area (Å²) in [5.41, 5.74) is 2.59. The average Bonchev–Trinajstić information content (AvgIpc) is 3.15. The Morgan fingerprint density at radius 2 is 1.71 bits per heavy atom. The largest absolute Gasteiger partial charge is 0.497 e. The molecule has 0 N–H and O–H groups in total. The number of hydrogen-bond donors (Lipinski definition) is 0. The first-order valence-electron chi connectivity index (χ1n) is 11.9. The number of carbonyl (C=O) groups excluding carboxylic acids is 3. The van der Waals surface area contributed by atoms with E-state index in [9.17, 15) is 14.4 Å². The zero-order valence-electron chi connectivity index (χ0n) is 21.3. The number of benzene rings is 1. The van der Waals surface area contributed by atoms with E-state index in [0.29, 0.717) is 66.7 Å². The van der Waals surface area contributed by atoms with Gasteiger partial charge in [-0.15, -0.1) is 0 Å². The van der Waals surface area contributed by atoms with E-state index in [-0.39, 0.29) is 18.2 Å². The van der Waals surface area contributed by atoms with Gasteiger partial charge in [-0.1, -0.05) is 0 Å². The molecule has 1 saturated heterocycles. The zero-order chi connectivity index (χ0) is 25.5. The van der Waals surface area contributed by atoms with Crippen molar-refractivity contribution in [2.45, 2.75) is 27.3 Å². The number of carbonyl (C=O) groups is 3. The van der Waals surface area contributed by atoms with Crippen LogP contribution in [0.4, 0.5) is 0 Å². The zero-order valence-corrected chi connectivity index (χ0v) is 21.3. The first-order valence-corrected chi connectivity index (χ1v) is 11.9. The van der Waals surface area contributed by atoms with Gasteiger partial charge in [-0.3, -0.25) is 14.5 Å². The Bertz CT molecular complexity index is 1050. The summed E-state index contributed by atoms with van der Waals surface area (Å²) in [5, 5.41) is 0. The van der Waals surface area contributed by atoms with E-state index >= 15 is 0 Å². The number of Topliss-reactive ketones (excluding diaryl/α,β-unsaturated/α-hetero) is 1. The van der Waals surface area contributed by atoms with Gasteiger partial charge in [0.15, 0.2) is 5.78 Å². The van der Waals surface area contributed by atoms with Crippen LogP contribution in [-0.4, -0.2) is 92.2 Å². The number of hydrogen-bond acceptors (Lipinski definition) is 7. The molecule has 1 aliphatic heterocycles. The van der Waals surface area contributed by atoms with Crippen LogP contribution >= 0.6 is 0 Å². The molecule has 0 saturated carbocycles. The molecule has 0 unspecified atom stereocenters. The SMILES string of the molecule is CCn1c(C)c(C(=O)CN(CCN2CCOCC2)C(=O)c2ccc(OC)cc2)c(C)c1C(=O)OC. The third-order valence-electron chi connectivity index (χ3n) is 6.49.